The van der Waals surface area contributed by atoms with Crippen LogP contribution in [0.2, 0.25) is 0 Å². The van der Waals surface area contributed by atoms with Gasteiger partial charge in [-0.2, -0.15) is 0 Å². The SMILES string of the molecule is CC1(C)C(=O)NC(=O)N1CC(=O)NCCCN1CCCCC1CO. The van der Waals surface area contributed by atoms with E-state index in [-0.39, 0.29) is 31.0 Å². The third-order valence-electron chi connectivity index (χ3n) is 4.90. The van der Waals surface area contributed by atoms with E-state index in [1.807, 2.05) is 0 Å². The fourth-order valence-electron chi connectivity index (χ4n) is 3.23. The van der Waals surface area contributed by atoms with E-state index >= 15 is 0 Å². The van der Waals surface area contributed by atoms with Crippen molar-refractivity contribution in [1.29, 1.82) is 0 Å². The maximum atomic E-state index is 12.0. The number of nitrogens with zero attached hydrogens (tertiary/aromatic N) is 2. The Morgan fingerprint density at radius 2 is 2.12 bits per heavy atom. The molecule has 136 valence electrons. The predicted molar refractivity (Wildman–Crippen MR) is 88.2 cm³/mol. The minimum atomic E-state index is -1.00. The van der Waals surface area contributed by atoms with Gasteiger partial charge < -0.3 is 15.3 Å². The molecule has 4 amide bonds. The Kier molecular flexibility index (Phi) is 6.17. The lowest BCUT2D eigenvalue weighted by Gasteiger charge is -2.34. The van der Waals surface area contributed by atoms with Crippen LogP contribution in [-0.4, -0.2) is 77.1 Å². The molecule has 2 saturated heterocycles. The third-order valence-corrected chi connectivity index (χ3v) is 4.90. The van der Waals surface area contributed by atoms with Crippen molar-refractivity contribution >= 4 is 17.8 Å². The Morgan fingerprint density at radius 3 is 2.75 bits per heavy atom. The van der Waals surface area contributed by atoms with E-state index in [2.05, 4.69) is 15.5 Å². The van der Waals surface area contributed by atoms with Crippen molar-refractivity contribution in [3.63, 3.8) is 0 Å². The van der Waals surface area contributed by atoms with Crippen molar-refractivity contribution in [3.8, 4) is 0 Å². The second kappa shape index (κ2) is 7.94. The van der Waals surface area contributed by atoms with Gasteiger partial charge in [-0.15, -0.1) is 0 Å². The molecule has 8 heteroatoms. The van der Waals surface area contributed by atoms with E-state index in [0.717, 1.165) is 38.8 Å². The molecule has 8 nitrogen and oxygen atoms in total. The number of nitrogens with one attached hydrogen (secondary N) is 2. The molecular formula is C16H28N4O4. The standard InChI is InChI=1S/C16H28N4O4/c1-16(2)14(23)18-15(24)20(16)10-13(22)17-7-5-9-19-8-4-3-6-12(19)11-21/h12,21H,3-11H2,1-2H3,(H,17,22)(H,18,23,24). The highest BCUT2D eigenvalue weighted by Gasteiger charge is 2.46. The van der Waals surface area contributed by atoms with Gasteiger partial charge in [0.1, 0.15) is 12.1 Å². The predicted octanol–water partition coefficient (Wildman–Crippen LogP) is -0.330. The molecule has 2 rings (SSSR count). The summed E-state index contributed by atoms with van der Waals surface area (Å²) in [7, 11) is 0. The number of carbonyl (C=O) groups is 3. The number of imide groups is 1. The topological polar surface area (TPSA) is 102 Å². The monoisotopic (exact) mass is 340 g/mol. The van der Waals surface area contributed by atoms with Crippen LogP contribution in [0.25, 0.3) is 0 Å². The van der Waals surface area contributed by atoms with Crippen LogP contribution in [0.3, 0.4) is 0 Å². The largest absolute Gasteiger partial charge is 0.395 e. The van der Waals surface area contributed by atoms with Crippen LogP contribution in [0.15, 0.2) is 0 Å². The molecule has 0 radical (unpaired) electrons. The summed E-state index contributed by atoms with van der Waals surface area (Å²) in [5, 5.41) is 14.4. The Labute approximate surface area is 142 Å². The van der Waals surface area contributed by atoms with E-state index in [1.54, 1.807) is 13.8 Å². The molecule has 0 aliphatic carbocycles. The van der Waals surface area contributed by atoms with Crippen LogP contribution in [0.1, 0.15) is 39.5 Å². The van der Waals surface area contributed by atoms with Gasteiger partial charge in [0.2, 0.25) is 5.91 Å². The number of aliphatic hydroxyl groups excluding tert-OH is 1. The summed E-state index contributed by atoms with van der Waals surface area (Å²) in [5.41, 5.74) is -1.00. The normalized spacial score (nSPS) is 24.1. The Balaban J connectivity index is 1.70. The molecule has 2 fully saturated rings. The van der Waals surface area contributed by atoms with Crippen molar-refractivity contribution < 1.29 is 19.5 Å². The van der Waals surface area contributed by atoms with Crippen molar-refractivity contribution in [2.75, 3.05) is 32.8 Å². The number of aliphatic hydroxyl groups is 1. The molecule has 2 aliphatic heterocycles. The number of piperidine rings is 1. The van der Waals surface area contributed by atoms with Crippen LogP contribution in [0.4, 0.5) is 4.79 Å². The summed E-state index contributed by atoms with van der Waals surface area (Å²) in [5.74, 6) is -0.661. The summed E-state index contributed by atoms with van der Waals surface area (Å²) in [6.45, 7) is 5.62. The van der Waals surface area contributed by atoms with Gasteiger partial charge in [0.25, 0.3) is 5.91 Å². The van der Waals surface area contributed by atoms with Crippen LogP contribution in [0.5, 0.6) is 0 Å². The Hall–Kier alpha value is -1.67. The number of likely N-dealkylation sites (tertiary alicyclic amines) is 1. The van der Waals surface area contributed by atoms with Gasteiger partial charge in [-0.1, -0.05) is 6.42 Å². The van der Waals surface area contributed by atoms with Crippen LogP contribution < -0.4 is 10.6 Å². The summed E-state index contributed by atoms with van der Waals surface area (Å²) >= 11 is 0. The molecule has 0 saturated carbocycles. The fraction of sp³-hybridized carbons (Fsp3) is 0.812. The van der Waals surface area contributed by atoms with E-state index in [0.29, 0.717) is 6.54 Å². The molecule has 0 aromatic heterocycles. The molecular weight excluding hydrogens is 312 g/mol. The molecule has 3 N–H and O–H groups in total. The van der Waals surface area contributed by atoms with Crippen LogP contribution >= 0.6 is 0 Å². The quantitative estimate of drug-likeness (QED) is 0.435. The van der Waals surface area contributed by atoms with Gasteiger partial charge in [-0.25, -0.2) is 4.79 Å². The Bertz CT molecular complexity index is 494. The summed E-state index contributed by atoms with van der Waals surface area (Å²) < 4.78 is 0. The molecule has 2 heterocycles. The highest BCUT2D eigenvalue weighted by Crippen LogP contribution is 2.20. The lowest BCUT2D eigenvalue weighted by Crippen LogP contribution is -2.49. The first-order valence-electron chi connectivity index (χ1n) is 8.61. The number of hydrogen-bond donors (Lipinski definition) is 3. The van der Waals surface area contributed by atoms with E-state index in [9.17, 15) is 19.5 Å². The molecule has 0 spiro atoms. The smallest absolute Gasteiger partial charge is 0.325 e. The second-order valence-corrected chi connectivity index (χ2v) is 6.98. The number of rotatable bonds is 7. The zero-order chi connectivity index (χ0) is 17.7. The number of hydrogen-bond acceptors (Lipinski definition) is 5. The van der Waals surface area contributed by atoms with Crippen molar-refractivity contribution in [1.82, 2.24) is 20.4 Å². The molecule has 0 bridgehead atoms. The number of carbonyl (C=O) groups excluding carboxylic acids is 3. The first kappa shape index (κ1) is 18.7. The van der Waals surface area contributed by atoms with Crippen LogP contribution in [-0.2, 0) is 9.59 Å². The maximum absolute atomic E-state index is 12.0. The molecule has 24 heavy (non-hydrogen) atoms. The molecule has 1 atom stereocenters. The van der Waals surface area contributed by atoms with Crippen LogP contribution in [0, 0.1) is 0 Å². The van der Waals surface area contributed by atoms with Gasteiger partial charge in [0.15, 0.2) is 0 Å². The average Bonchev–Trinajstić information content (AvgIpc) is 2.74. The van der Waals surface area contributed by atoms with Crippen molar-refractivity contribution in [2.45, 2.75) is 51.1 Å². The van der Waals surface area contributed by atoms with Crippen molar-refractivity contribution in [2.24, 2.45) is 0 Å². The second-order valence-electron chi connectivity index (χ2n) is 6.98. The summed E-state index contributed by atoms with van der Waals surface area (Å²) in [4.78, 5) is 38.9. The average molecular weight is 340 g/mol. The number of urea groups is 1. The minimum absolute atomic E-state index is 0.131. The van der Waals surface area contributed by atoms with Gasteiger partial charge in [0.05, 0.1) is 6.61 Å². The van der Waals surface area contributed by atoms with E-state index in [4.69, 9.17) is 0 Å². The molecule has 2 aliphatic rings. The molecule has 0 aromatic carbocycles. The van der Waals surface area contributed by atoms with Gasteiger partial charge in [-0.05, 0) is 39.7 Å². The number of amides is 4. The zero-order valence-corrected chi connectivity index (χ0v) is 14.5. The van der Waals surface area contributed by atoms with E-state index < -0.39 is 11.6 Å². The highest BCUT2D eigenvalue weighted by molar-refractivity contribution is 6.07. The van der Waals surface area contributed by atoms with Gasteiger partial charge >= 0.3 is 6.03 Å². The van der Waals surface area contributed by atoms with Gasteiger partial charge in [-0.3, -0.25) is 19.8 Å². The minimum Gasteiger partial charge on any atom is -0.395 e. The lowest BCUT2D eigenvalue weighted by molar-refractivity contribution is -0.127. The summed E-state index contributed by atoms with van der Waals surface area (Å²) in [6, 6.07) is -0.297. The Morgan fingerprint density at radius 1 is 1.38 bits per heavy atom. The summed E-state index contributed by atoms with van der Waals surface area (Å²) in [6.07, 6.45) is 4.12. The maximum Gasteiger partial charge on any atom is 0.325 e. The molecule has 0 aromatic rings. The zero-order valence-electron chi connectivity index (χ0n) is 14.5. The van der Waals surface area contributed by atoms with Gasteiger partial charge in [0, 0.05) is 19.1 Å². The van der Waals surface area contributed by atoms with Crippen molar-refractivity contribution in [3.05, 3.63) is 0 Å². The lowest BCUT2D eigenvalue weighted by atomic mass is 10.0. The highest BCUT2D eigenvalue weighted by atomic mass is 16.3. The molecule has 1 unspecified atom stereocenters. The van der Waals surface area contributed by atoms with E-state index in [1.165, 1.54) is 4.90 Å². The fourth-order valence-corrected chi connectivity index (χ4v) is 3.23. The first-order chi connectivity index (χ1) is 11.4. The third kappa shape index (κ3) is 4.24. The first-order valence-corrected chi connectivity index (χ1v) is 8.61.